The van der Waals surface area contributed by atoms with Crippen LogP contribution in [0, 0.1) is 0 Å². The Hall–Kier alpha value is -1.43. The topological polar surface area (TPSA) is 81.0 Å². The molecule has 0 spiro atoms. The van der Waals surface area contributed by atoms with Crippen LogP contribution < -0.4 is 0 Å². The minimum absolute atomic E-state index is 0.272. The molecule has 1 aliphatic heterocycles. The number of carbonyl (C=O) groups excluding carboxylic acids is 1. The molecule has 1 fully saturated rings. The summed E-state index contributed by atoms with van der Waals surface area (Å²) < 4.78 is 0. The summed E-state index contributed by atoms with van der Waals surface area (Å²) in [4.78, 5) is 13.0. The highest BCUT2D eigenvalue weighted by molar-refractivity contribution is 5.80. The molecule has 2 rings (SSSR count). The van der Waals surface area contributed by atoms with Crippen LogP contribution in [0.15, 0.2) is 30.3 Å². The molecule has 1 atom stereocenters. The van der Waals surface area contributed by atoms with Crippen LogP contribution >= 0.6 is 0 Å². The van der Waals surface area contributed by atoms with Crippen molar-refractivity contribution in [1.29, 1.82) is 0 Å². The van der Waals surface area contributed by atoms with Gasteiger partial charge >= 0.3 is 0 Å². The summed E-state index contributed by atoms with van der Waals surface area (Å²) >= 11 is 0. The van der Waals surface area contributed by atoms with Crippen LogP contribution in [-0.4, -0.2) is 44.6 Å². The van der Waals surface area contributed by atoms with E-state index in [0.717, 1.165) is 5.56 Å². The minimum Gasteiger partial charge on any atom is -0.394 e. The van der Waals surface area contributed by atoms with Crippen LogP contribution in [0.4, 0.5) is 0 Å². The van der Waals surface area contributed by atoms with Crippen LogP contribution in [0.3, 0.4) is 0 Å². The number of nitrogens with zero attached hydrogens (tertiary/aromatic N) is 1. The second kappa shape index (κ2) is 4.44. The Bertz CT molecular complexity index is 404. The van der Waals surface area contributed by atoms with Crippen molar-refractivity contribution >= 4 is 5.91 Å². The van der Waals surface area contributed by atoms with E-state index < -0.39 is 18.4 Å². The molecular formula is C12H15NO4. The summed E-state index contributed by atoms with van der Waals surface area (Å²) in [7, 11) is 0. The molecular weight excluding hydrogens is 222 g/mol. The molecule has 1 aromatic rings. The molecule has 0 aromatic heterocycles. The van der Waals surface area contributed by atoms with Gasteiger partial charge in [-0.3, -0.25) is 4.79 Å². The number of rotatable bonds is 3. The summed E-state index contributed by atoms with van der Waals surface area (Å²) in [6, 6.07) is 8.27. The first kappa shape index (κ1) is 12.0. The van der Waals surface area contributed by atoms with E-state index in [0.29, 0.717) is 0 Å². The highest BCUT2D eigenvalue weighted by Crippen LogP contribution is 2.28. The molecule has 1 aromatic carbocycles. The third kappa shape index (κ3) is 2.31. The molecule has 0 bridgehead atoms. The van der Waals surface area contributed by atoms with E-state index >= 15 is 0 Å². The summed E-state index contributed by atoms with van der Waals surface area (Å²) in [5, 5.41) is 28.4. The number of likely N-dealkylation sites (tertiary alicyclic amines) is 1. The van der Waals surface area contributed by atoms with Crippen LogP contribution in [0.2, 0.25) is 0 Å². The van der Waals surface area contributed by atoms with Crippen molar-refractivity contribution in [3.8, 4) is 0 Å². The smallest absolute Gasteiger partial charge is 0.228 e. The maximum Gasteiger partial charge on any atom is 0.228 e. The molecule has 0 radical (unpaired) electrons. The third-order valence-electron chi connectivity index (χ3n) is 3.01. The molecule has 92 valence electrons. The number of hydrogen-bond donors (Lipinski definition) is 3. The average molecular weight is 237 g/mol. The Morgan fingerprint density at radius 3 is 2.53 bits per heavy atom. The average Bonchev–Trinajstić information content (AvgIpc) is 2.49. The Morgan fingerprint density at radius 1 is 1.29 bits per heavy atom. The Kier molecular flexibility index (Phi) is 3.15. The van der Waals surface area contributed by atoms with E-state index in [2.05, 4.69) is 0 Å². The Balaban J connectivity index is 2.18. The second-order valence-electron chi connectivity index (χ2n) is 4.26. The maximum atomic E-state index is 11.7. The van der Waals surface area contributed by atoms with E-state index in [1.807, 2.05) is 30.3 Å². The second-order valence-corrected chi connectivity index (χ2v) is 4.26. The summed E-state index contributed by atoms with van der Waals surface area (Å²) in [5.41, 5.74) is 0.886. The lowest BCUT2D eigenvalue weighted by Gasteiger charge is -2.28. The first-order valence-corrected chi connectivity index (χ1v) is 5.43. The molecule has 17 heavy (non-hydrogen) atoms. The van der Waals surface area contributed by atoms with Gasteiger partial charge in [0.1, 0.15) is 6.04 Å². The predicted molar refractivity (Wildman–Crippen MR) is 59.7 cm³/mol. The van der Waals surface area contributed by atoms with Gasteiger partial charge < -0.3 is 20.2 Å². The van der Waals surface area contributed by atoms with Gasteiger partial charge in [0.15, 0.2) is 5.79 Å². The van der Waals surface area contributed by atoms with Gasteiger partial charge in [-0.25, -0.2) is 0 Å². The van der Waals surface area contributed by atoms with E-state index in [4.69, 9.17) is 5.11 Å². The molecule has 1 unspecified atom stereocenters. The van der Waals surface area contributed by atoms with E-state index in [1.165, 1.54) is 4.90 Å². The molecule has 5 nitrogen and oxygen atoms in total. The molecule has 1 saturated heterocycles. The molecule has 0 saturated carbocycles. The number of amides is 1. The predicted octanol–water partition coefficient (Wildman–Crippen LogP) is -0.539. The van der Waals surface area contributed by atoms with Crippen molar-refractivity contribution < 1.29 is 20.1 Å². The van der Waals surface area contributed by atoms with Crippen molar-refractivity contribution in [2.24, 2.45) is 0 Å². The van der Waals surface area contributed by atoms with Crippen molar-refractivity contribution in [1.82, 2.24) is 4.90 Å². The summed E-state index contributed by atoms with van der Waals surface area (Å²) in [6.07, 6.45) is -0.370. The van der Waals surface area contributed by atoms with E-state index in [1.54, 1.807) is 0 Å². The largest absolute Gasteiger partial charge is 0.394 e. The number of hydrogen-bond acceptors (Lipinski definition) is 4. The first-order valence-electron chi connectivity index (χ1n) is 5.43. The highest BCUT2D eigenvalue weighted by Gasteiger charge is 2.49. The van der Waals surface area contributed by atoms with Crippen molar-refractivity contribution in [2.75, 3.05) is 6.61 Å². The van der Waals surface area contributed by atoms with Gasteiger partial charge in [-0.05, 0) is 5.56 Å². The van der Waals surface area contributed by atoms with Crippen LogP contribution in [0.25, 0.3) is 0 Å². The fourth-order valence-corrected chi connectivity index (χ4v) is 2.09. The molecule has 1 amide bonds. The number of benzene rings is 1. The SMILES string of the molecule is O=C1CC(O)(O)C(CO)N1Cc1ccccc1. The summed E-state index contributed by atoms with van der Waals surface area (Å²) in [6.45, 7) is -0.195. The van der Waals surface area contributed by atoms with Crippen molar-refractivity contribution in [3.63, 3.8) is 0 Å². The van der Waals surface area contributed by atoms with Crippen LogP contribution in [0.1, 0.15) is 12.0 Å². The first-order chi connectivity index (χ1) is 8.04. The maximum absolute atomic E-state index is 11.7. The van der Waals surface area contributed by atoms with Crippen LogP contribution in [0.5, 0.6) is 0 Å². The van der Waals surface area contributed by atoms with Gasteiger partial charge in [-0.15, -0.1) is 0 Å². The zero-order chi connectivity index (χ0) is 12.5. The number of aliphatic hydroxyl groups excluding tert-OH is 1. The van der Waals surface area contributed by atoms with Crippen molar-refractivity contribution in [2.45, 2.75) is 24.8 Å². The third-order valence-corrected chi connectivity index (χ3v) is 3.01. The quantitative estimate of drug-likeness (QED) is 0.617. The standard InChI is InChI=1S/C12H15NO4/c14-8-10-12(16,17)6-11(15)13(10)7-9-4-2-1-3-5-9/h1-5,10,14,16-17H,6-8H2. The fourth-order valence-electron chi connectivity index (χ4n) is 2.09. The lowest BCUT2D eigenvalue weighted by atomic mass is 10.1. The fraction of sp³-hybridized carbons (Fsp3) is 0.417. The molecule has 3 N–H and O–H groups in total. The van der Waals surface area contributed by atoms with Gasteiger partial charge in [0, 0.05) is 6.54 Å². The van der Waals surface area contributed by atoms with Gasteiger partial charge in [-0.2, -0.15) is 0 Å². The van der Waals surface area contributed by atoms with Gasteiger partial charge in [-0.1, -0.05) is 30.3 Å². The minimum atomic E-state index is -2.14. The zero-order valence-corrected chi connectivity index (χ0v) is 9.28. The number of aliphatic hydroxyl groups is 3. The van der Waals surface area contributed by atoms with Gasteiger partial charge in [0.05, 0.1) is 13.0 Å². The van der Waals surface area contributed by atoms with Crippen molar-refractivity contribution in [3.05, 3.63) is 35.9 Å². The van der Waals surface area contributed by atoms with Crippen LogP contribution in [-0.2, 0) is 11.3 Å². The lowest BCUT2D eigenvalue weighted by molar-refractivity contribution is -0.184. The molecule has 1 heterocycles. The highest BCUT2D eigenvalue weighted by atomic mass is 16.5. The number of carbonyl (C=O) groups is 1. The summed E-state index contributed by atoms with van der Waals surface area (Å²) in [5.74, 6) is -2.50. The Morgan fingerprint density at radius 2 is 1.94 bits per heavy atom. The Labute approximate surface area is 98.9 Å². The normalized spacial score (nSPS) is 23.1. The molecule has 0 aliphatic carbocycles. The van der Waals surface area contributed by atoms with E-state index in [9.17, 15) is 15.0 Å². The monoisotopic (exact) mass is 237 g/mol. The van der Waals surface area contributed by atoms with Gasteiger partial charge in [0.2, 0.25) is 5.91 Å². The van der Waals surface area contributed by atoms with Gasteiger partial charge in [0.25, 0.3) is 0 Å². The molecule has 1 aliphatic rings. The lowest BCUT2D eigenvalue weighted by Crippen LogP contribution is -2.47. The van der Waals surface area contributed by atoms with E-state index in [-0.39, 0.29) is 18.9 Å². The zero-order valence-electron chi connectivity index (χ0n) is 9.28. The molecule has 5 heteroatoms.